The highest BCUT2D eigenvalue weighted by Crippen LogP contribution is 2.27. The van der Waals surface area contributed by atoms with E-state index in [9.17, 15) is 39.0 Å². The molecule has 0 bridgehead atoms. The Morgan fingerprint density at radius 2 is 1.66 bits per heavy atom. The first kappa shape index (κ1) is 42.6. The molecule has 6 amide bonds. The number of nitrogens with one attached hydrogen (secondary N) is 1. The Labute approximate surface area is 298 Å². The van der Waals surface area contributed by atoms with Gasteiger partial charge in [0.2, 0.25) is 23.6 Å². The van der Waals surface area contributed by atoms with Crippen molar-refractivity contribution in [3.05, 3.63) is 23.8 Å². The van der Waals surface area contributed by atoms with Gasteiger partial charge in [0.25, 0.3) is 11.8 Å². The summed E-state index contributed by atoms with van der Waals surface area (Å²) in [5.41, 5.74) is 0.772. The molecule has 1 saturated heterocycles. The third-order valence-corrected chi connectivity index (χ3v) is 9.69. The summed E-state index contributed by atoms with van der Waals surface area (Å²) < 4.78 is 0. The van der Waals surface area contributed by atoms with Crippen molar-refractivity contribution in [1.29, 1.82) is 0 Å². The molecule has 2 heterocycles. The van der Waals surface area contributed by atoms with Gasteiger partial charge in [0.1, 0.15) is 24.2 Å². The monoisotopic (exact) mass is 703 g/mol. The number of aliphatic hydroxyl groups excluding tert-OH is 2. The Balaban J connectivity index is 2.32. The first-order valence-corrected chi connectivity index (χ1v) is 17.9. The molecule has 2 aliphatic rings. The molecule has 0 aliphatic carbocycles. The number of allylic oxidation sites excluding steroid dienone is 1. The number of likely N-dealkylation sites (N-methyl/N-ethyl adjacent to an activating group) is 2. The normalized spacial score (nSPS) is 22.4. The van der Waals surface area contributed by atoms with Gasteiger partial charge in [-0.1, -0.05) is 71.6 Å². The number of nitrogens with zero attached hydrogens (tertiary/aromatic N) is 4. The molecule has 2 rings (SSSR count). The van der Waals surface area contributed by atoms with E-state index in [2.05, 4.69) is 19.2 Å². The minimum atomic E-state index is -1.47. The van der Waals surface area contributed by atoms with Gasteiger partial charge in [-0.25, -0.2) is 0 Å². The molecule has 13 nitrogen and oxygen atoms in total. The zero-order chi connectivity index (χ0) is 38.2. The molecule has 1 fully saturated rings. The molecule has 9 atom stereocenters. The quantitative estimate of drug-likeness (QED) is 0.163. The Hall–Kier alpha value is -3.58. The van der Waals surface area contributed by atoms with Crippen molar-refractivity contribution in [2.24, 2.45) is 17.8 Å². The lowest BCUT2D eigenvalue weighted by Crippen LogP contribution is -2.62. The molecule has 2 aliphatic heterocycles. The zero-order valence-electron chi connectivity index (χ0n) is 31.9. The van der Waals surface area contributed by atoms with Crippen LogP contribution in [0.15, 0.2) is 23.8 Å². The number of likely N-dealkylation sites (tertiary alicyclic amines) is 1. The van der Waals surface area contributed by atoms with Crippen LogP contribution in [0.3, 0.4) is 0 Å². The highest BCUT2D eigenvalue weighted by molar-refractivity contribution is 6.06. The Morgan fingerprint density at radius 3 is 2.16 bits per heavy atom. The predicted octanol–water partition coefficient (Wildman–Crippen LogP) is 2.26. The van der Waals surface area contributed by atoms with Gasteiger partial charge < -0.3 is 30.2 Å². The molecule has 0 aromatic heterocycles. The van der Waals surface area contributed by atoms with Crippen LogP contribution in [-0.2, 0) is 28.8 Å². The van der Waals surface area contributed by atoms with E-state index in [-0.39, 0.29) is 24.8 Å². The number of β-amino-alcohol motifs (C(OH)–C–C–N with tert-alkyl or cyclic N) is 1. The Morgan fingerprint density at radius 1 is 1.04 bits per heavy atom. The molecular formula is C37H61N5O8. The van der Waals surface area contributed by atoms with Crippen LogP contribution in [0.2, 0.25) is 0 Å². The lowest BCUT2D eigenvalue weighted by molar-refractivity contribution is -0.155. The van der Waals surface area contributed by atoms with Gasteiger partial charge in [0.05, 0.1) is 18.2 Å². The fraction of sp³-hybridized carbons (Fsp3) is 0.730. The molecule has 0 spiro atoms. The number of amides is 6. The minimum absolute atomic E-state index is 0.0653. The van der Waals surface area contributed by atoms with Crippen LogP contribution in [0.5, 0.6) is 0 Å². The van der Waals surface area contributed by atoms with Crippen molar-refractivity contribution < 1.29 is 39.0 Å². The maximum absolute atomic E-state index is 14.1. The van der Waals surface area contributed by atoms with Gasteiger partial charge in [-0.15, -0.1) is 0 Å². The molecular weight excluding hydrogens is 642 g/mol. The van der Waals surface area contributed by atoms with Crippen LogP contribution in [0, 0.1) is 17.8 Å². The summed E-state index contributed by atoms with van der Waals surface area (Å²) >= 11 is 0. The van der Waals surface area contributed by atoms with E-state index in [0.29, 0.717) is 12.3 Å². The zero-order valence-corrected chi connectivity index (χ0v) is 31.9. The summed E-state index contributed by atoms with van der Waals surface area (Å²) in [6.45, 7) is 16.0. The SMILES string of the molecule is CCCC[C@@H](C)C[C@@H](C)C(=O)N(C)[C@@H](C=C(C)C)C(=O)N[C@H](C(=O)N(C)[C@H](C(=O)N1C[C@@H](O)C[C@H]1C(=O)N1C(=O)C=C[C@@H]1C)C(C)C)[C@@H](C)O. The van der Waals surface area contributed by atoms with Gasteiger partial charge >= 0.3 is 0 Å². The highest BCUT2D eigenvalue weighted by atomic mass is 16.3. The van der Waals surface area contributed by atoms with E-state index in [1.165, 1.54) is 29.8 Å². The number of carbonyl (C=O) groups excluding carboxylic acids is 6. The summed E-state index contributed by atoms with van der Waals surface area (Å²) in [6, 6.07) is -5.30. The largest absolute Gasteiger partial charge is 0.391 e. The van der Waals surface area contributed by atoms with E-state index in [1.807, 2.05) is 6.92 Å². The van der Waals surface area contributed by atoms with E-state index in [1.54, 1.807) is 53.8 Å². The van der Waals surface area contributed by atoms with Crippen LogP contribution in [0.4, 0.5) is 0 Å². The summed E-state index contributed by atoms with van der Waals surface area (Å²) in [6.07, 6.45) is 5.86. The molecule has 282 valence electrons. The van der Waals surface area contributed by atoms with Crippen LogP contribution in [0.25, 0.3) is 0 Å². The number of carbonyl (C=O) groups is 6. The average molecular weight is 704 g/mol. The smallest absolute Gasteiger partial charge is 0.253 e. The molecule has 0 unspecified atom stereocenters. The van der Waals surface area contributed by atoms with Gasteiger partial charge in [0.15, 0.2) is 0 Å². The number of hydrogen-bond donors (Lipinski definition) is 3. The maximum Gasteiger partial charge on any atom is 0.253 e. The number of rotatable bonds is 16. The maximum atomic E-state index is 14.1. The van der Waals surface area contributed by atoms with Gasteiger partial charge in [-0.3, -0.25) is 33.7 Å². The summed E-state index contributed by atoms with van der Waals surface area (Å²) in [5, 5.41) is 23.9. The van der Waals surface area contributed by atoms with Gasteiger partial charge in [-0.05, 0) is 46.0 Å². The molecule has 0 aromatic rings. The van der Waals surface area contributed by atoms with E-state index in [4.69, 9.17) is 0 Å². The summed E-state index contributed by atoms with van der Waals surface area (Å²) in [7, 11) is 2.93. The summed E-state index contributed by atoms with van der Waals surface area (Å²) in [4.78, 5) is 86.2. The minimum Gasteiger partial charge on any atom is -0.391 e. The van der Waals surface area contributed by atoms with Crippen molar-refractivity contribution in [3.63, 3.8) is 0 Å². The second-order valence-corrected chi connectivity index (χ2v) is 14.9. The highest BCUT2D eigenvalue weighted by Gasteiger charge is 2.47. The Kier molecular flexibility index (Phi) is 15.8. The van der Waals surface area contributed by atoms with Crippen molar-refractivity contribution in [2.45, 2.75) is 137 Å². The molecule has 0 aromatic carbocycles. The standard InChI is InChI=1S/C37H61N5O8/c1-12-13-14-23(6)18-24(7)34(47)39(10)28(17-21(2)3)33(46)38-31(26(9)43)36(49)40(11)32(22(4)5)37(50)41-20-27(44)19-29(41)35(48)42-25(8)15-16-30(42)45/h15-17,22-29,31-32,43-44H,12-14,18-20H2,1-11H3,(H,38,46)/t23-,24-,25+,26-,27+,28+,29+,31+,32+/m1/s1. The van der Waals surface area contributed by atoms with Crippen LogP contribution >= 0.6 is 0 Å². The number of aliphatic hydroxyl groups is 2. The van der Waals surface area contributed by atoms with Crippen LogP contribution in [0.1, 0.15) is 94.4 Å². The molecule has 3 N–H and O–H groups in total. The number of unbranched alkanes of at least 4 members (excludes halogenated alkanes) is 1. The first-order valence-electron chi connectivity index (χ1n) is 17.9. The van der Waals surface area contributed by atoms with Crippen molar-refractivity contribution in [2.75, 3.05) is 20.6 Å². The van der Waals surface area contributed by atoms with Gasteiger partial charge in [0, 0.05) is 39.1 Å². The molecule has 0 saturated carbocycles. The summed E-state index contributed by atoms with van der Waals surface area (Å²) in [5.74, 6) is -3.84. The van der Waals surface area contributed by atoms with Crippen molar-refractivity contribution in [3.8, 4) is 0 Å². The second-order valence-electron chi connectivity index (χ2n) is 14.9. The third kappa shape index (κ3) is 10.5. The fourth-order valence-corrected chi connectivity index (χ4v) is 6.94. The average Bonchev–Trinajstić information content (AvgIpc) is 3.60. The van der Waals surface area contributed by atoms with E-state index in [0.717, 1.165) is 34.6 Å². The third-order valence-electron chi connectivity index (χ3n) is 9.69. The number of imide groups is 1. The predicted molar refractivity (Wildman–Crippen MR) is 190 cm³/mol. The topological polar surface area (TPSA) is 168 Å². The Bertz CT molecular complexity index is 1310. The van der Waals surface area contributed by atoms with Crippen molar-refractivity contribution in [1.82, 2.24) is 24.9 Å². The lowest BCUT2D eigenvalue weighted by Gasteiger charge is -2.38. The van der Waals surface area contributed by atoms with Crippen LogP contribution < -0.4 is 5.32 Å². The van der Waals surface area contributed by atoms with E-state index >= 15 is 0 Å². The second kappa shape index (κ2) is 18.6. The number of hydrogen-bond acceptors (Lipinski definition) is 8. The van der Waals surface area contributed by atoms with E-state index < -0.39 is 77.9 Å². The molecule has 50 heavy (non-hydrogen) atoms. The van der Waals surface area contributed by atoms with Gasteiger partial charge in [-0.2, -0.15) is 0 Å². The molecule has 13 heteroatoms. The first-order chi connectivity index (χ1) is 23.2. The van der Waals surface area contributed by atoms with Crippen molar-refractivity contribution >= 4 is 35.4 Å². The molecule has 0 radical (unpaired) electrons. The fourth-order valence-electron chi connectivity index (χ4n) is 6.94. The van der Waals surface area contributed by atoms with Crippen LogP contribution in [-0.4, -0.2) is 128 Å². The lowest BCUT2D eigenvalue weighted by atomic mass is 9.92.